The largest absolute Gasteiger partial charge is 0.376 e. The molecule has 3 aliphatic heterocycles. The van der Waals surface area contributed by atoms with Gasteiger partial charge < -0.3 is 24.6 Å². The summed E-state index contributed by atoms with van der Waals surface area (Å²) in [5.41, 5.74) is 0. The summed E-state index contributed by atoms with van der Waals surface area (Å²) >= 11 is 0. The van der Waals surface area contributed by atoms with E-state index in [4.69, 9.17) is 14.5 Å². The van der Waals surface area contributed by atoms with Gasteiger partial charge in [0.1, 0.15) is 0 Å². The smallest absolute Gasteiger partial charge is 0.193 e. The average molecular weight is 523 g/mol. The van der Waals surface area contributed by atoms with Crippen molar-refractivity contribution in [2.45, 2.75) is 71.0 Å². The van der Waals surface area contributed by atoms with Gasteiger partial charge in [-0.3, -0.25) is 4.99 Å². The molecule has 7 heteroatoms. The molecule has 0 radical (unpaired) electrons. The van der Waals surface area contributed by atoms with E-state index < -0.39 is 0 Å². The van der Waals surface area contributed by atoms with Gasteiger partial charge in [0, 0.05) is 39.3 Å². The van der Waals surface area contributed by atoms with Crippen molar-refractivity contribution in [3.05, 3.63) is 0 Å². The van der Waals surface area contributed by atoms with Crippen molar-refractivity contribution >= 4 is 29.9 Å². The minimum Gasteiger partial charge on any atom is -0.376 e. The predicted molar refractivity (Wildman–Crippen MR) is 130 cm³/mol. The average Bonchev–Trinajstić information content (AvgIpc) is 3.18. The van der Waals surface area contributed by atoms with Gasteiger partial charge in [-0.15, -0.1) is 24.0 Å². The SMILES string of the molecule is CCCN1CCC(CN=C(NCC)N2CCC(OCC3CCCCO3)CC2)C1.I. The van der Waals surface area contributed by atoms with E-state index >= 15 is 0 Å². The maximum Gasteiger partial charge on any atom is 0.193 e. The molecule has 3 aliphatic rings. The Hall–Kier alpha value is -0.120. The highest BCUT2D eigenvalue weighted by molar-refractivity contribution is 14.0. The third-order valence-electron chi connectivity index (χ3n) is 6.28. The van der Waals surface area contributed by atoms with Crippen LogP contribution in [-0.2, 0) is 9.47 Å². The van der Waals surface area contributed by atoms with Gasteiger partial charge >= 0.3 is 0 Å². The zero-order chi connectivity index (χ0) is 19.6. The standard InChI is InChI=1S/C22H42N4O2.HI/c1-3-11-25-12-8-19(17-25)16-24-22(23-4-2)26-13-9-20(10-14-26)28-18-21-7-5-6-15-27-21;/h19-21H,3-18H2,1-2H3,(H,23,24);1H. The quantitative estimate of drug-likeness (QED) is 0.301. The Balaban J connectivity index is 0.00000300. The number of aliphatic imine (C=N–C) groups is 1. The number of guanidine groups is 1. The van der Waals surface area contributed by atoms with E-state index in [2.05, 4.69) is 29.0 Å². The second-order valence-electron chi connectivity index (χ2n) is 8.66. The highest BCUT2D eigenvalue weighted by Crippen LogP contribution is 2.19. The lowest BCUT2D eigenvalue weighted by Crippen LogP contribution is -2.47. The van der Waals surface area contributed by atoms with Gasteiger partial charge in [0.05, 0.1) is 18.8 Å². The third kappa shape index (κ3) is 8.50. The van der Waals surface area contributed by atoms with Crippen molar-refractivity contribution in [3.8, 4) is 0 Å². The van der Waals surface area contributed by atoms with Crippen molar-refractivity contribution in [2.24, 2.45) is 10.9 Å². The number of hydrogen-bond acceptors (Lipinski definition) is 4. The molecule has 0 aromatic rings. The molecule has 170 valence electrons. The zero-order valence-electron chi connectivity index (χ0n) is 18.6. The normalized spacial score (nSPS) is 27.1. The Bertz CT molecular complexity index is 466. The number of likely N-dealkylation sites (tertiary alicyclic amines) is 2. The molecule has 2 unspecified atom stereocenters. The van der Waals surface area contributed by atoms with Gasteiger partial charge in [0.2, 0.25) is 0 Å². The molecule has 1 N–H and O–H groups in total. The molecule has 0 saturated carbocycles. The molecule has 0 aromatic carbocycles. The molecule has 3 rings (SSSR count). The van der Waals surface area contributed by atoms with Gasteiger partial charge in [-0.2, -0.15) is 0 Å². The maximum absolute atomic E-state index is 6.17. The van der Waals surface area contributed by atoms with E-state index in [1.165, 1.54) is 45.3 Å². The summed E-state index contributed by atoms with van der Waals surface area (Å²) in [5.74, 6) is 1.82. The van der Waals surface area contributed by atoms with Crippen LogP contribution in [0.25, 0.3) is 0 Å². The molecule has 3 fully saturated rings. The predicted octanol–water partition coefficient (Wildman–Crippen LogP) is 3.35. The maximum atomic E-state index is 6.17. The first-order chi connectivity index (χ1) is 13.8. The van der Waals surface area contributed by atoms with Crippen LogP contribution in [0.1, 0.15) is 58.8 Å². The van der Waals surface area contributed by atoms with Gasteiger partial charge in [0.25, 0.3) is 0 Å². The van der Waals surface area contributed by atoms with Gasteiger partial charge in [-0.1, -0.05) is 6.92 Å². The van der Waals surface area contributed by atoms with Crippen LogP contribution in [0.15, 0.2) is 4.99 Å². The molecule has 0 spiro atoms. The summed E-state index contributed by atoms with van der Waals surface area (Å²) in [6, 6.07) is 0. The van der Waals surface area contributed by atoms with E-state index in [0.717, 1.165) is 70.5 Å². The number of nitrogens with one attached hydrogen (secondary N) is 1. The summed E-state index contributed by atoms with van der Waals surface area (Å²) in [6.45, 7) is 13.8. The molecule has 29 heavy (non-hydrogen) atoms. The number of halogens is 1. The van der Waals surface area contributed by atoms with Crippen LogP contribution >= 0.6 is 24.0 Å². The Kier molecular flexibility index (Phi) is 12.2. The molecule has 2 atom stereocenters. The van der Waals surface area contributed by atoms with Crippen LogP contribution in [0.5, 0.6) is 0 Å². The Morgan fingerprint density at radius 2 is 1.93 bits per heavy atom. The fourth-order valence-corrected chi connectivity index (χ4v) is 4.64. The highest BCUT2D eigenvalue weighted by atomic mass is 127. The molecule has 0 amide bonds. The van der Waals surface area contributed by atoms with Crippen LogP contribution in [0.3, 0.4) is 0 Å². The summed E-state index contributed by atoms with van der Waals surface area (Å²) in [7, 11) is 0. The lowest BCUT2D eigenvalue weighted by Gasteiger charge is -2.35. The van der Waals surface area contributed by atoms with Gasteiger partial charge in [-0.25, -0.2) is 0 Å². The van der Waals surface area contributed by atoms with Crippen LogP contribution in [0, 0.1) is 5.92 Å². The van der Waals surface area contributed by atoms with E-state index in [0.29, 0.717) is 12.2 Å². The molecular weight excluding hydrogens is 479 g/mol. The third-order valence-corrected chi connectivity index (χ3v) is 6.28. The van der Waals surface area contributed by atoms with Gasteiger partial charge in [0.15, 0.2) is 5.96 Å². The Labute approximate surface area is 195 Å². The summed E-state index contributed by atoms with van der Waals surface area (Å²) in [4.78, 5) is 10.0. The lowest BCUT2D eigenvalue weighted by atomic mass is 10.1. The van der Waals surface area contributed by atoms with E-state index in [9.17, 15) is 0 Å². The summed E-state index contributed by atoms with van der Waals surface area (Å²) in [6.07, 6.45) is 9.07. The van der Waals surface area contributed by atoms with Gasteiger partial charge in [-0.05, 0) is 70.9 Å². The van der Waals surface area contributed by atoms with E-state index in [1.807, 2.05) is 0 Å². The Morgan fingerprint density at radius 1 is 1.10 bits per heavy atom. The molecule has 0 bridgehead atoms. The zero-order valence-corrected chi connectivity index (χ0v) is 20.9. The molecular formula is C22H43IN4O2. The Morgan fingerprint density at radius 3 is 2.62 bits per heavy atom. The number of hydrogen-bond donors (Lipinski definition) is 1. The number of ether oxygens (including phenoxy) is 2. The molecule has 0 aliphatic carbocycles. The fraction of sp³-hybridized carbons (Fsp3) is 0.955. The van der Waals surface area contributed by atoms with Crippen molar-refractivity contribution < 1.29 is 9.47 Å². The first kappa shape index (κ1) is 25.1. The topological polar surface area (TPSA) is 49.3 Å². The minimum absolute atomic E-state index is 0. The van der Waals surface area contributed by atoms with Crippen LogP contribution < -0.4 is 5.32 Å². The second kappa shape index (κ2) is 14.0. The van der Waals surface area contributed by atoms with Crippen molar-refractivity contribution in [1.29, 1.82) is 0 Å². The molecule has 3 heterocycles. The number of piperidine rings is 1. The van der Waals surface area contributed by atoms with Crippen molar-refractivity contribution in [2.75, 3.05) is 59.0 Å². The first-order valence-electron chi connectivity index (χ1n) is 11.8. The lowest BCUT2D eigenvalue weighted by molar-refractivity contribution is -0.0721. The summed E-state index contributed by atoms with van der Waals surface area (Å²) in [5, 5.41) is 3.51. The fourth-order valence-electron chi connectivity index (χ4n) is 4.64. The molecule has 3 saturated heterocycles. The monoisotopic (exact) mass is 522 g/mol. The first-order valence-corrected chi connectivity index (χ1v) is 11.8. The number of rotatable bonds is 8. The van der Waals surface area contributed by atoms with Crippen LogP contribution in [0.2, 0.25) is 0 Å². The number of nitrogens with zero attached hydrogens (tertiary/aromatic N) is 3. The summed E-state index contributed by atoms with van der Waals surface area (Å²) < 4.78 is 12.0. The van der Waals surface area contributed by atoms with Crippen molar-refractivity contribution in [1.82, 2.24) is 15.1 Å². The second-order valence-corrected chi connectivity index (χ2v) is 8.66. The molecule has 6 nitrogen and oxygen atoms in total. The highest BCUT2D eigenvalue weighted by Gasteiger charge is 2.25. The van der Waals surface area contributed by atoms with Crippen LogP contribution in [-0.4, -0.2) is 87.0 Å². The van der Waals surface area contributed by atoms with Crippen LogP contribution in [0.4, 0.5) is 0 Å². The minimum atomic E-state index is 0. The molecule has 0 aromatic heterocycles. The van der Waals surface area contributed by atoms with E-state index in [-0.39, 0.29) is 24.0 Å². The van der Waals surface area contributed by atoms with E-state index in [1.54, 1.807) is 0 Å². The van der Waals surface area contributed by atoms with Crippen molar-refractivity contribution in [3.63, 3.8) is 0 Å².